The van der Waals surface area contributed by atoms with Crippen molar-refractivity contribution in [3.8, 4) is 0 Å². The van der Waals surface area contributed by atoms with Gasteiger partial charge in [-0.3, -0.25) is 4.79 Å². The van der Waals surface area contributed by atoms with Crippen LogP contribution in [0.1, 0.15) is 49.9 Å². The van der Waals surface area contributed by atoms with Crippen molar-refractivity contribution in [1.29, 1.82) is 0 Å². The summed E-state index contributed by atoms with van der Waals surface area (Å²) < 4.78 is 18.6. The maximum atomic E-state index is 13.5. The second-order valence-corrected chi connectivity index (χ2v) is 6.98. The highest BCUT2D eigenvalue weighted by molar-refractivity contribution is 6.36. The van der Waals surface area contributed by atoms with E-state index in [0.29, 0.717) is 5.92 Å². The first-order valence-electron chi connectivity index (χ1n) is 7.95. The van der Waals surface area contributed by atoms with E-state index < -0.39 is 17.9 Å². The highest BCUT2D eigenvalue weighted by Crippen LogP contribution is 2.26. The third kappa shape index (κ3) is 4.61. The quantitative estimate of drug-likeness (QED) is 0.627. The van der Waals surface area contributed by atoms with Crippen LogP contribution in [0.4, 0.5) is 4.39 Å². The molecule has 3 atom stereocenters. The Morgan fingerprint density at radius 2 is 1.92 bits per heavy atom. The van der Waals surface area contributed by atoms with Crippen molar-refractivity contribution < 1.29 is 18.7 Å². The van der Waals surface area contributed by atoms with Gasteiger partial charge in [-0.15, -0.1) is 0 Å². The predicted octanol–water partition coefficient (Wildman–Crippen LogP) is 4.37. The first-order chi connectivity index (χ1) is 11.3. The molecule has 7 heteroatoms. The Bertz CT molecular complexity index is 639. The number of nitrogens with one attached hydrogen (secondary N) is 1. The van der Waals surface area contributed by atoms with Crippen LogP contribution in [0, 0.1) is 11.7 Å². The summed E-state index contributed by atoms with van der Waals surface area (Å²) in [5.74, 6) is -1.62. The van der Waals surface area contributed by atoms with Crippen LogP contribution in [0.25, 0.3) is 0 Å². The normalized spacial score (nSPS) is 21.9. The summed E-state index contributed by atoms with van der Waals surface area (Å²) in [5.41, 5.74) is -0.163. The molecule has 1 aliphatic rings. The van der Waals surface area contributed by atoms with Crippen LogP contribution in [0.2, 0.25) is 10.0 Å². The van der Waals surface area contributed by atoms with E-state index in [4.69, 9.17) is 27.9 Å². The Kier molecular flexibility index (Phi) is 6.47. The lowest BCUT2D eigenvalue weighted by molar-refractivity contribution is -0.130. The van der Waals surface area contributed by atoms with Gasteiger partial charge in [0.2, 0.25) is 0 Å². The summed E-state index contributed by atoms with van der Waals surface area (Å²) >= 11 is 11.5. The van der Waals surface area contributed by atoms with Crippen molar-refractivity contribution in [3.63, 3.8) is 0 Å². The molecule has 1 aliphatic carbocycles. The zero-order chi connectivity index (χ0) is 17.9. The lowest BCUT2D eigenvalue weighted by Gasteiger charge is -2.30. The van der Waals surface area contributed by atoms with Gasteiger partial charge in [0.1, 0.15) is 5.82 Å². The molecular formula is C17H20Cl2FNO3. The Balaban J connectivity index is 1.98. The second kappa shape index (κ2) is 8.17. The molecule has 0 heterocycles. The van der Waals surface area contributed by atoms with Crippen molar-refractivity contribution in [2.24, 2.45) is 5.92 Å². The lowest BCUT2D eigenvalue weighted by atomic mass is 9.86. The van der Waals surface area contributed by atoms with E-state index in [1.165, 1.54) is 13.3 Å². The number of carbonyl (C=O) groups is 2. The standard InChI is InChI=1S/C17H20Cl2FNO3/c1-9-5-3-4-6-15(9)21-16(22)10(2)24-17(23)11-7-14(20)13(19)8-12(11)18/h7-10,15H,3-6H2,1-2H3,(H,21,22)/t9-,10-,15-/m1/s1. The van der Waals surface area contributed by atoms with Crippen LogP contribution in [-0.4, -0.2) is 24.0 Å². The minimum absolute atomic E-state index is 0.0279. The Morgan fingerprint density at radius 3 is 2.58 bits per heavy atom. The van der Waals surface area contributed by atoms with E-state index in [2.05, 4.69) is 12.2 Å². The molecule has 4 nitrogen and oxygen atoms in total. The first kappa shape index (κ1) is 19.0. The van der Waals surface area contributed by atoms with Gasteiger partial charge in [-0.25, -0.2) is 9.18 Å². The molecule has 0 unspecified atom stereocenters. The number of carbonyl (C=O) groups excluding carboxylic acids is 2. The molecule has 1 saturated carbocycles. The number of benzene rings is 1. The number of rotatable bonds is 4. The van der Waals surface area contributed by atoms with Crippen molar-refractivity contribution in [1.82, 2.24) is 5.32 Å². The van der Waals surface area contributed by atoms with Crippen LogP contribution in [0.3, 0.4) is 0 Å². The third-order valence-electron chi connectivity index (χ3n) is 4.32. The third-order valence-corrected chi connectivity index (χ3v) is 4.92. The van der Waals surface area contributed by atoms with Crippen LogP contribution in [0.5, 0.6) is 0 Å². The number of esters is 1. The minimum atomic E-state index is -0.999. The fourth-order valence-electron chi connectivity index (χ4n) is 2.79. The molecule has 1 N–H and O–H groups in total. The second-order valence-electron chi connectivity index (χ2n) is 6.17. The Morgan fingerprint density at radius 1 is 1.25 bits per heavy atom. The molecule has 0 aromatic heterocycles. The predicted molar refractivity (Wildman–Crippen MR) is 90.9 cm³/mol. The smallest absolute Gasteiger partial charge is 0.340 e. The fourth-order valence-corrected chi connectivity index (χ4v) is 3.25. The topological polar surface area (TPSA) is 55.4 Å². The molecule has 1 aromatic rings. The molecule has 132 valence electrons. The van der Waals surface area contributed by atoms with Crippen molar-refractivity contribution in [2.75, 3.05) is 0 Å². The van der Waals surface area contributed by atoms with Gasteiger partial charge >= 0.3 is 5.97 Å². The summed E-state index contributed by atoms with van der Waals surface area (Å²) in [7, 11) is 0. The van der Waals surface area contributed by atoms with Gasteiger partial charge in [0.05, 0.1) is 15.6 Å². The van der Waals surface area contributed by atoms with Gasteiger partial charge in [0.25, 0.3) is 5.91 Å². The molecule has 24 heavy (non-hydrogen) atoms. The van der Waals surface area contributed by atoms with Gasteiger partial charge < -0.3 is 10.1 Å². The van der Waals surface area contributed by atoms with E-state index in [9.17, 15) is 14.0 Å². The number of ether oxygens (including phenoxy) is 1. The molecule has 0 radical (unpaired) electrons. The highest BCUT2D eigenvalue weighted by atomic mass is 35.5. The van der Waals surface area contributed by atoms with E-state index in [1.807, 2.05) is 0 Å². The average molecular weight is 376 g/mol. The summed E-state index contributed by atoms with van der Waals surface area (Å²) in [5, 5.41) is 2.70. The molecular weight excluding hydrogens is 356 g/mol. The zero-order valence-corrected chi connectivity index (χ0v) is 15.1. The van der Waals surface area contributed by atoms with Gasteiger partial charge in [-0.1, -0.05) is 43.0 Å². The lowest BCUT2D eigenvalue weighted by Crippen LogP contribution is -2.46. The average Bonchev–Trinajstić information content (AvgIpc) is 2.52. The van der Waals surface area contributed by atoms with E-state index >= 15 is 0 Å². The van der Waals surface area contributed by atoms with E-state index in [1.54, 1.807) is 0 Å². The van der Waals surface area contributed by atoms with Gasteiger partial charge in [0, 0.05) is 6.04 Å². The van der Waals surface area contributed by atoms with Crippen LogP contribution in [0.15, 0.2) is 12.1 Å². The number of hydrogen-bond donors (Lipinski definition) is 1. The van der Waals surface area contributed by atoms with Gasteiger partial charge in [-0.05, 0) is 37.8 Å². The van der Waals surface area contributed by atoms with E-state index in [0.717, 1.165) is 31.4 Å². The SMILES string of the molecule is C[C@@H]1CCCC[C@H]1NC(=O)[C@@H](C)OC(=O)c1cc(F)c(Cl)cc1Cl. The largest absolute Gasteiger partial charge is 0.449 e. The number of amides is 1. The molecule has 0 bridgehead atoms. The molecule has 1 fully saturated rings. The summed E-state index contributed by atoms with van der Waals surface area (Å²) in [6, 6.07) is 2.12. The molecule has 0 saturated heterocycles. The van der Waals surface area contributed by atoms with Crippen LogP contribution < -0.4 is 5.32 Å². The van der Waals surface area contributed by atoms with Crippen LogP contribution >= 0.6 is 23.2 Å². The van der Waals surface area contributed by atoms with Crippen molar-refractivity contribution in [2.45, 2.75) is 51.7 Å². The van der Waals surface area contributed by atoms with Gasteiger partial charge in [0.15, 0.2) is 6.10 Å². The van der Waals surface area contributed by atoms with Gasteiger partial charge in [-0.2, -0.15) is 0 Å². The van der Waals surface area contributed by atoms with Crippen molar-refractivity contribution in [3.05, 3.63) is 33.6 Å². The maximum absolute atomic E-state index is 13.5. The first-order valence-corrected chi connectivity index (χ1v) is 8.71. The number of halogens is 3. The highest BCUT2D eigenvalue weighted by Gasteiger charge is 2.27. The molecule has 0 spiro atoms. The summed E-state index contributed by atoms with van der Waals surface area (Å²) in [6.07, 6.45) is 3.23. The Hall–Kier alpha value is -1.33. The van der Waals surface area contributed by atoms with Crippen molar-refractivity contribution >= 4 is 35.1 Å². The fraction of sp³-hybridized carbons (Fsp3) is 0.529. The maximum Gasteiger partial charge on any atom is 0.340 e. The monoisotopic (exact) mass is 375 g/mol. The summed E-state index contributed by atoms with van der Waals surface area (Å²) in [6.45, 7) is 3.57. The summed E-state index contributed by atoms with van der Waals surface area (Å²) in [4.78, 5) is 24.3. The molecule has 1 aromatic carbocycles. The molecule has 1 amide bonds. The zero-order valence-electron chi connectivity index (χ0n) is 13.6. The number of hydrogen-bond acceptors (Lipinski definition) is 3. The Labute approximate surface area is 150 Å². The van der Waals surface area contributed by atoms with Crippen LogP contribution in [-0.2, 0) is 9.53 Å². The van der Waals surface area contributed by atoms with E-state index in [-0.39, 0.29) is 27.6 Å². The molecule has 0 aliphatic heterocycles. The molecule has 2 rings (SSSR count). The minimum Gasteiger partial charge on any atom is -0.449 e.